The molecule has 5 N–H and O–H groups in total. The first-order valence-corrected chi connectivity index (χ1v) is 14.2. The molecule has 0 bridgehead atoms. The number of β-lactam (4-membered cyclic amide) rings is 1. The van der Waals surface area contributed by atoms with E-state index in [1.165, 1.54) is 28.4 Å². The van der Waals surface area contributed by atoms with Crippen LogP contribution >= 0.6 is 46.7 Å². The lowest BCUT2D eigenvalue weighted by molar-refractivity contribution is -0.689. The number of nitrogens with one attached hydrogen (secondary N) is 2. The molecule has 1 aromatic heterocycles. The lowest BCUT2D eigenvalue weighted by atomic mass is 10.0. The molecule has 1 aromatic carbocycles. The standard InChI is InChI=1S/C24H23Cl2N5O5S2/c25-15-1-2-16(26)17(9-15)37-12-18(32)29-19-22(34)31-20(24(35)36)14(11-38-23(19)31)10-30-7-3-13(4-8-30)21(33)28-6-5-27/h1-4,7-9,19,23H,5-6,10-12,27H2,(H2-,28,29,32,33,35,36)/p+1/t19-,23+/m0/s1. The maximum absolute atomic E-state index is 12.9. The van der Waals surface area contributed by atoms with Gasteiger partial charge in [0.15, 0.2) is 18.9 Å². The summed E-state index contributed by atoms with van der Waals surface area (Å²) in [5, 5.41) is 15.7. The van der Waals surface area contributed by atoms with Crippen molar-refractivity contribution in [2.24, 2.45) is 5.73 Å². The minimum Gasteiger partial charge on any atom is -0.477 e. The SMILES string of the molecule is NCCNC(=O)c1cc[n+](CC2=C(C(=O)O)N3C(=O)[C@H](NC(=O)CSc4cc(Cl)ccc4Cl)[C@H]3SC2)cc1. The summed E-state index contributed by atoms with van der Waals surface area (Å²) in [7, 11) is 0. The minimum absolute atomic E-state index is 0.0188. The molecule has 3 heterocycles. The fourth-order valence-corrected chi connectivity index (χ4v) is 6.61. The summed E-state index contributed by atoms with van der Waals surface area (Å²) >= 11 is 14.7. The number of thioether (sulfide) groups is 2. The molecule has 14 heteroatoms. The average Bonchev–Trinajstić information content (AvgIpc) is 2.90. The van der Waals surface area contributed by atoms with E-state index >= 15 is 0 Å². The van der Waals surface area contributed by atoms with Crippen molar-refractivity contribution in [2.45, 2.75) is 22.9 Å². The molecule has 2 atom stereocenters. The zero-order chi connectivity index (χ0) is 27.4. The van der Waals surface area contributed by atoms with Crippen LogP contribution < -0.4 is 20.9 Å². The van der Waals surface area contributed by atoms with Gasteiger partial charge in [0.25, 0.3) is 11.8 Å². The number of hydrogen-bond acceptors (Lipinski definition) is 7. The summed E-state index contributed by atoms with van der Waals surface area (Å²) in [5.74, 6) is -1.94. The van der Waals surface area contributed by atoms with Gasteiger partial charge in [-0.1, -0.05) is 23.2 Å². The van der Waals surface area contributed by atoms with Crippen LogP contribution in [0, 0.1) is 0 Å². The lowest BCUT2D eigenvalue weighted by Gasteiger charge is -2.49. The number of fused-ring (bicyclic) bond motifs is 1. The van der Waals surface area contributed by atoms with Gasteiger partial charge < -0.3 is 21.5 Å². The molecule has 38 heavy (non-hydrogen) atoms. The predicted octanol–water partition coefficient (Wildman–Crippen LogP) is 1.50. The molecule has 200 valence electrons. The molecule has 4 rings (SSSR count). The van der Waals surface area contributed by atoms with E-state index in [0.29, 0.717) is 44.9 Å². The molecular formula is C24H24Cl2N5O5S2+. The van der Waals surface area contributed by atoms with E-state index in [1.54, 1.807) is 47.3 Å². The smallest absolute Gasteiger partial charge is 0.352 e. The Balaban J connectivity index is 1.40. The fraction of sp³-hybridized carbons (Fsp3) is 0.292. The van der Waals surface area contributed by atoms with Crippen LogP contribution in [0.4, 0.5) is 0 Å². The number of nitrogens with zero attached hydrogens (tertiary/aromatic N) is 2. The number of rotatable bonds is 10. The molecule has 0 saturated carbocycles. The minimum atomic E-state index is -1.21. The highest BCUT2D eigenvalue weighted by atomic mass is 35.5. The molecule has 1 saturated heterocycles. The van der Waals surface area contributed by atoms with Gasteiger partial charge in [-0.05, 0) is 18.2 Å². The average molecular weight is 598 g/mol. The van der Waals surface area contributed by atoms with Crippen LogP contribution in [0.1, 0.15) is 10.4 Å². The van der Waals surface area contributed by atoms with Crippen molar-refractivity contribution in [2.75, 3.05) is 24.6 Å². The van der Waals surface area contributed by atoms with Gasteiger partial charge >= 0.3 is 5.97 Å². The van der Waals surface area contributed by atoms with E-state index in [1.807, 2.05) is 0 Å². The van der Waals surface area contributed by atoms with Crippen LogP contribution in [-0.2, 0) is 20.9 Å². The maximum atomic E-state index is 12.9. The van der Waals surface area contributed by atoms with Crippen LogP contribution in [0.2, 0.25) is 10.0 Å². The van der Waals surface area contributed by atoms with Crippen molar-refractivity contribution in [3.05, 3.63) is 69.6 Å². The summed E-state index contributed by atoms with van der Waals surface area (Å²) in [6.07, 6.45) is 3.34. The molecule has 2 aliphatic heterocycles. The number of carbonyl (C=O) groups is 4. The van der Waals surface area contributed by atoms with Gasteiger partial charge in [-0.15, -0.1) is 23.5 Å². The number of pyridine rings is 1. The van der Waals surface area contributed by atoms with Gasteiger partial charge in [-0.3, -0.25) is 19.3 Å². The van der Waals surface area contributed by atoms with Gasteiger partial charge in [0.05, 0.1) is 16.3 Å². The summed E-state index contributed by atoms with van der Waals surface area (Å²) < 4.78 is 1.74. The van der Waals surface area contributed by atoms with E-state index in [9.17, 15) is 24.3 Å². The topological polar surface area (TPSA) is 146 Å². The van der Waals surface area contributed by atoms with E-state index in [2.05, 4.69) is 10.6 Å². The second-order valence-electron chi connectivity index (χ2n) is 8.38. The number of carbonyl (C=O) groups excluding carboxylic acids is 3. The molecular weight excluding hydrogens is 573 g/mol. The monoisotopic (exact) mass is 596 g/mol. The Bertz CT molecular complexity index is 1310. The number of carboxylic acid groups (broad SMARTS) is 1. The Hall–Kier alpha value is -2.77. The summed E-state index contributed by atoms with van der Waals surface area (Å²) in [5.41, 5.74) is 6.32. The summed E-state index contributed by atoms with van der Waals surface area (Å²) in [6, 6.07) is 7.37. The van der Waals surface area contributed by atoms with E-state index < -0.39 is 23.3 Å². The Morgan fingerprint density at radius 3 is 2.63 bits per heavy atom. The molecule has 1 fully saturated rings. The van der Waals surface area contributed by atoms with Crippen molar-refractivity contribution in [1.82, 2.24) is 15.5 Å². The van der Waals surface area contributed by atoms with Crippen molar-refractivity contribution in [3.8, 4) is 0 Å². The van der Waals surface area contributed by atoms with Crippen LogP contribution in [0.5, 0.6) is 0 Å². The van der Waals surface area contributed by atoms with Gasteiger partial charge in [0, 0.05) is 46.5 Å². The number of amides is 3. The van der Waals surface area contributed by atoms with Crippen molar-refractivity contribution < 1.29 is 28.9 Å². The summed E-state index contributed by atoms with van der Waals surface area (Å²) in [4.78, 5) is 51.5. The number of carboxylic acids is 1. The second kappa shape index (κ2) is 12.4. The molecule has 2 aromatic rings. The quantitative estimate of drug-likeness (QED) is 0.183. The fourth-order valence-electron chi connectivity index (χ4n) is 3.97. The molecule has 0 radical (unpaired) electrons. The first kappa shape index (κ1) is 28.2. The molecule has 3 amide bonds. The molecule has 0 spiro atoms. The Morgan fingerprint density at radius 1 is 1.21 bits per heavy atom. The largest absolute Gasteiger partial charge is 0.477 e. The first-order chi connectivity index (χ1) is 18.2. The zero-order valence-corrected chi connectivity index (χ0v) is 23.0. The lowest BCUT2D eigenvalue weighted by Crippen LogP contribution is -2.70. The van der Waals surface area contributed by atoms with Crippen LogP contribution in [0.15, 0.2) is 58.9 Å². The Kier molecular flexibility index (Phi) is 9.21. The third kappa shape index (κ3) is 6.26. The predicted molar refractivity (Wildman–Crippen MR) is 145 cm³/mol. The Labute approximate surface area is 236 Å². The van der Waals surface area contributed by atoms with Crippen LogP contribution in [-0.4, -0.2) is 69.7 Å². The van der Waals surface area contributed by atoms with E-state index in [0.717, 1.165) is 0 Å². The van der Waals surface area contributed by atoms with Crippen LogP contribution in [0.25, 0.3) is 0 Å². The summed E-state index contributed by atoms with van der Waals surface area (Å²) in [6.45, 7) is 0.922. The maximum Gasteiger partial charge on any atom is 0.352 e. The van der Waals surface area contributed by atoms with Crippen molar-refractivity contribution in [1.29, 1.82) is 0 Å². The van der Waals surface area contributed by atoms with E-state index in [4.69, 9.17) is 28.9 Å². The third-order valence-electron chi connectivity index (χ3n) is 5.77. The van der Waals surface area contributed by atoms with Gasteiger partial charge in [-0.2, -0.15) is 0 Å². The number of benzene rings is 1. The van der Waals surface area contributed by atoms with Gasteiger partial charge in [-0.25, -0.2) is 9.36 Å². The number of aliphatic carboxylic acids is 1. The van der Waals surface area contributed by atoms with Crippen molar-refractivity contribution in [3.63, 3.8) is 0 Å². The molecule has 10 nitrogen and oxygen atoms in total. The highest BCUT2D eigenvalue weighted by molar-refractivity contribution is 8.00. The normalized spacial score (nSPS) is 18.5. The number of halogens is 2. The molecule has 0 unspecified atom stereocenters. The zero-order valence-electron chi connectivity index (χ0n) is 19.9. The van der Waals surface area contributed by atoms with Gasteiger partial charge in [0.2, 0.25) is 5.91 Å². The van der Waals surface area contributed by atoms with Gasteiger partial charge in [0.1, 0.15) is 17.1 Å². The first-order valence-electron chi connectivity index (χ1n) is 11.4. The van der Waals surface area contributed by atoms with E-state index in [-0.39, 0.29) is 29.8 Å². The van der Waals surface area contributed by atoms with Crippen molar-refractivity contribution >= 4 is 70.4 Å². The number of hydrogen-bond donors (Lipinski definition) is 4. The molecule has 0 aliphatic carbocycles. The van der Waals surface area contributed by atoms with Crippen LogP contribution in [0.3, 0.4) is 0 Å². The Morgan fingerprint density at radius 2 is 1.95 bits per heavy atom. The number of aromatic nitrogens is 1. The second-order valence-corrected chi connectivity index (χ2v) is 11.3. The highest BCUT2D eigenvalue weighted by Crippen LogP contribution is 2.40. The highest BCUT2D eigenvalue weighted by Gasteiger charge is 2.54. The number of nitrogens with two attached hydrogens (primary N) is 1. The molecule has 2 aliphatic rings. The third-order valence-corrected chi connectivity index (χ3v) is 8.85.